The fourth-order valence-corrected chi connectivity index (χ4v) is 4.02. The highest BCUT2D eigenvalue weighted by Crippen LogP contribution is 2.39. The van der Waals surface area contributed by atoms with Crippen LogP contribution >= 0.6 is 11.3 Å². The van der Waals surface area contributed by atoms with Crippen LogP contribution in [0.3, 0.4) is 0 Å². The molecule has 3 heterocycles. The molecule has 2 N–H and O–H groups in total. The number of fused-ring (bicyclic) bond motifs is 2. The number of amides is 1. The minimum Gasteiger partial charge on any atom is -0.485 e. The summed E-state index contributed by atoms with van der Waals surface area (Å²) in [6.07, 6.45) is 0.984. The highest BCUT2D eigenvalue weighted by molar-refractivity contribution is 7.12. The van der Waals surface area contributed by atoms with E-state index in [1.54, 1.807) is 0 Å². The van der Waals surface area contributed by atoms with Crippen LogP contribution in [0.15, 0.2) is 23.6 Å². The molecule has 25 heavy (non-hydrogen) atoms. The molecule has 0 aliphatic carbocycles. The zero-order chi connectivity index (χ0) is 17.4. The molecule has 130 valence electrons. The standard InChI is InChI=1S/C19H20N2O3S/c1-3-14-11(2)13-8-12(4-5-15(13)21-14)9-20-19(22)18-17-16(10-25-18)23-6-7-24-17/h4-5,8,10,21H,3,6-7,9H2,1-2H3,(H,20,22). The van der Waals surface area contributed by atoms with Gasteiger partial charge in [0, 0.05) is 28.5 Å². The van der Waals surface area contributed by atoms with E-state index in [1.165, 1.54) is 28.0 Å². The van der Waals surface area contributed by atoms with E-state index in [1.807, 2.05) is 11.4 Å². The van der Waals surface area contributed by atoms with Gasteiger partial charge in [0.25, 0.3) is 5.91 Å². The minimum absolute atomic E-state index is 0.128. The lowest BCUT2D eigenvalue weighted by Gasteiger charge is -2.15. The molecule has 0 saturated heterocycles. The van der Waals surface area contributed by atoms with Crippen molar-refractivity contribution in [1.82, 2.24) is 10.3 Å². The summed E-state index contributed by atoms with van der Waals surface area (Å²) in [7, 11) is 0. The first kappa shape index (κ1) is 16.0. The number of hydrogen-bond donors (Lipinski definition) is 2. The number of ether oxygens (including phenoxy) is 2. The van der Waals surface area contributed by atoms with Gasteiger partial charge in [-0.25, -0.2) is 0 Å². The Bertz CT molecular complexity index is 942. The van der Waals surface area contributed by atoms with Gasteiger partial charge in [0.15, 0.2) is 11.5 Å². The molecule has 1 aliphatic heterocycles. The van der Waals surface area contributed by atoms with Gasteiger partial charge in [-0.15, -0.1) is 11.3 Å². The fraction of sp³-hybridized carbons (Fsp3) is 0.316. The number of aryl methyl sites for hydroxylation is 2. The molecule has 4 rings (SSSR count). The van der Waals surface area contributed by atoms with E-state index in [4.69, 9.17) is 9.47 Å². The van der Waals surface area contributed by atoms with Crippen molar-refractivity contribution in [1.29, 1.82) is 0 Å². The van der Waals surface area contributed by atoms with Gasteiger partial charge in [0.2, 0.25) is 0 Å². The van der Waals surface area contributed by atoms with Gasteiger partial charge < -0.3 is 19.8 Å². The Kier molecular flexibility index (Phi) is 4.13. The Balaban J connectivity index is 1.51. The van der Waals surface area contributed by atoms with E-state index in [-0.39, 0.29) is 5.91 Å². The zero-order valence-electron chi connectivity index (χ0n) is 14.3. The summed E-state index contributed by atoms with van der Waals surface area (Å²) in [6, 6.07) is 6.26. The number of aromatic amines is 1. The second-order valence-electron chi connectivity index (χ2n) is 6.10. The van der Waals surface area contributed by atoms with Crippen LogP contribution in [0.5, 0.6) is 11.5 Å². The summed E-state index contributed by atoms with van der Waals surface area (Å²) in [5, 5.41) is 6.02. The van der Waals surface area contributed by atoms with Crippen LogP contribution in [0.25, 0.3) is 10.9 Å². The number of hydrogen-bond acceptors (Lipinski definition) is 4. The Labute approximate surface area is 150 Å². The van der Waals surface area contributed by atoms with Crippen molar-refractivity contribution in [2.45, 2.75) is 26.8 Å². The first-order valence-electron chi connectivity index (χ1n) is 8.42. The van der Waals surface area contributed by atoms with Crippen molar-refractivity contribution in [2.75, 3.05) is 13.2 Å². The third-order valence-electron chi connectivity index (χ3n) is 4.54. The van der Waals surface area contributed by atoms with E-state index in [9.17, 15) is 4.79 Å². The summed E-state index contributed by atoms with van der Waals surface area (Å²) in [5.74, 6) is 1.10. The van der Waals surface area contributed by atoms with Crippen LogP contribution in [0.1, 0.15) is 33.4 Å². The van der Waals surface area contributed by atoms with Crippen molar-refractivity contribution in [3.63, 3.8) is 0 Å². The topological polar surface area (TPSA) is 63.4 Å². The van der Waals surface area contributed by atoms with Crippen molar-refractivity contribution in [3.05, 3.63) is 45.3 Å². The number of H-pyrrole nitrogens is 1. The van der Waals surface area contributed by atoms with Gasteiger partial charge in [0.05, 0.1) is 0 Å². The average Bonchev–Trinajstić information content (AvgIpc) is 3.21. The number of rotatable bonds is 4. The third-order valence-corrected chi connectivity index (χ3v) is 5.48. The summed E-state index contributed by atoms with van der Waals surface area (Å²) in [6.45, 7) is 5.77. The number of nitrogens with one attached hydrogen (secondary N) is 2. The fourth-order valence-electron chi connectivity index (χ4n) is 3.18. The van der Waals surface area contributed by atoms with Gasteiger partial charge in [0.1, 0.15) is 18.1 Å². The molecule has 5 nitrogen and oxygen atoms in total. The Morgan fingerprint density at radius 2 is 2.16 bits per heavy atom. The van der Waals surface area contributed by atoms with Crippen molar-refractivity contribution in [3.8, 4) is 11.5 Å². The van der Waals surface area contributed by atoms with Crippen molar-refractivity contribution >= 4 is 28.1 Å². The summed E-state index contributed by atoms with van der Waals surface area (Å²) in [5.41, 5.74) is 4.76. The number of benzene rings is 1. The molecule has 1 amide bonds. The summed E-state index contributed by atoms with van der Waals surface area (Å²) < 4.78 is 11.1. The number of carbonyl (C=O) groups excluding carboxylic acids is 1. The van der Waals surface area contributed by atoms with E-state index < -0.39 is 0 Å². The zero-order valence-corrected chi connectivity index (χ0v) is 15.1. The molecule has 0 atom stereocenters. The quantitative estimate of drug-likeness (QED) is 0.747. The molecule has 0 unspecified atom stereocenters. The molecule has 1 aliphatic rings. The first-order chi connectivity index (χ1) is 12.2. The molecule has 0 fully saturated rings. The third kappa shape index (κ3) is 2.87. The smallest absolute Gasteiger partial charge is 0.265 e. The van der Waals surface area contributed by atoms with Gasteiger partial charge in [-0.3, -0.25) is 4.79 Å². The molecular formula is C19H20N2O3S. The molecule has 0 saturated carbocycles. The van der Waals surface area contributed by atoms with Gasteiger partial charge in [-0.05, 0) is 36.6 Å². The maximum atomic E-state index is 12.5. The normalized spacial score (nSPS) is 13.2. The second kappa shape index (κ2) is 6.44. The van der Waals surface area contributed by atoms with E-state index >= 15 is 0 Å². The molecule has 0 radical (unpaired) electrons. The van der Waals surface area contributed by atoms with Crippen LogP contribution in [-0.4, -0.2) is 24.1 Å². The van der Waals surface area contributed by atoms with Crippen LogP contribution in [0.2, 0.25) is 0 Å². The minimum atomic E-state index is -0.128. The lowest BCUT2D eigenvalue weighted by Crippen LogP contribution is -2.23. The lowest BCUT2D eigenvalue weighted by atomic mass is 10.1. The maximum Gasteiger partial charge on any atom is 0.265 e. The molecule has 0 spiro atoms. The number of aromatic nitrogens is 1. The molecule has 6 heteroatoms. The molecule has 2 aromatic heterocycles. The van der Waals surface area contributed by atoms with Crippen LogP contribution in [-0.2, 0) is 13.0 Å². The Morgan fingerprint density at radius 1 is 1.32 bits per heavy atom. The first-order valence-corrected chi connectivity index (χ1v) is 9.30. The number of thiophene rings is 1. The van der Waals surface area contributed by atoms with E-state index in [2.05, 4.69) is 36.3 Å². The largest absolute Gasteiger partial charge is 0.485 e. The molecule has 0 bridgehead atoms. The predicted octanol–water partition coefficient (Wildman–Crippen LogP) is 3.80. The lowest BCUT2D eigenvalue weighted by molar-refractivity contribution is 0.0946. The second-order valence-corrected chi connectivity index (χ2v) is 6.98. The predicted molar refractivity (Wildman–Crippen MR) is 98.9 cm³/mol. The van der Waals surface area contributed by atoms with Gasteiger partial charge in [-0.2, -0.15) is 0 Å². The SMILES string of the molecule is CCc1[nH]c2ccc(CNC(=O)c3scc4c3OCCO4)cc2c1C. The van der Waals surface area contributed by atoms with Crippen molar-refractivity contribution < 1.29 is 14.3 Å². The highest BCUT2D eigenvalue weighted by Gasteiger charge is 2.23. The van der Waals surface area contributed by atoms with Gasteiger partial charge >= 0.3 is 0 Å². The van der Waals surface area contributed by atoms with Crippen LogP contribution in [0.4, 0.5) is 0 Å². The monoisotopic (exact) mass is 356 g/mol. The Morgan fingerprint density at radius 3 is 3.00 bits per heavy atom. The van der Waals surface area contributed by atoms with Crippen LogP contribution in [0, 0.1) is 6.92 Å². The summed E-state index contributed by atoms with van der Waals surface area (Å²) >= 11 is 1.35. The molecular weight excluding hydrogens is 336 g/mol. The van der Waals surface area contributed by atoms with Crippen molar-refractivity contribution in [2.24, 2.45) is 0 Å². The summed E-state index contributed by atoms with van der Waals surface area (Å²) in [4.78, 5) is 16.5. The number of carbonyl (C=O) groups is 1. The Hall–Kier alpha value is -2.47. The highest BCUT2D eigenvalue weighted by atomic mass is 32.1. The van der Waals surface area contributed by atoms with Gasteiger partial charge in [-0.1, -0.05) is 13.0 Å². The van der Waals surface area contributed by atoms with Crippen LogP contribution < -0.4 is 14.8 Å². The molecule has 3 aromatic rings. The van der Waals surface area contributed by atoms with E-state index in [0.29, 0.717) is 36.1 Å². The molecule has 1 aromatic carbocycles. The maximum absolute atomic E-state index is 12.5. The average molecular weight is 356 g/mol. The van der Waals surface area contributed by atoms with E-state index in [0.717, 1.165) is 17.5 Å².